The number of unbranched alkanes of at least 4 members (excludes halogenated alkanes) is 1. The van der Waals surface area contributed by atoms with Crippen molar-refractivity contribution in [1.82, 2.24) is 14.2 Å². The van der Waals surface area contributed by atoms with E-state index in [1.807, 2.05) is 4.31 Å². The van der Waals surface area contributed by atoms with Gasteiger partial charge < -0.3 is 0 Å². The fourth-order valence-electron chi connectivity index (χ4n) is 5.64. The number of piperidine rings is 3. The third-order valence-electron chi connectivity index (χ3n) is 6.72. The Kier molecular flexibility index (Phi) is 5.35. The minimum atomic E-state index is -3.48. The SMILES string of the molecule is CCCC[C@@H]1[C@H]2CCCN3CCC[C@@H](CN1S(=O)(=O)c1cccnc1)[C@@H]23. The number of rotatable bonds is 5. The van der Waals surface area contributed by atoms with Gasteiger partial charge in [0.05, 0.1) is 0 Å². The summed E-state index contributed by atoms with van der Waals surface area (Å²) in [5, 5.41) is 0. The normalized spacial score (nSPS) is 33.0. The molecule has 0 radical (unpaired) electrons. The predicted molar refractivity (Wildman–Crippen MR) is 102 cm³/mol. The Morgan fingerprint density at radius 2 is 2.04 bits per heavy atom. The quantitative estimate of drug-likeness (QED) is 0.791. The van der Waals surface area contributed by atoms with Crippen LogP contribution in [0.2, 0.25) is 0 Å². The second-order valence-electron chi connectivity index (χ2n) is 8.21. The van der Waals surface area contributed by atoms with Gasteiger partial charge in [-0.2, -0.15) is 4.31 Å². The molecule has 0 bridgehead atoms. The highest BCUT2D eigenvalue weighted by Crippen LogP contribution is 2.44. The van der Waals surface area contributed by atoms with E-state index in [4.69, 9.17) is 0 Å². The Morgan fingerprint density at radius 1 is 1.23 bits per heavy atom. The summed E-state index contributed by atoms with van der Waals surface area (Å²) in [7, 11) is -3.48. The van der Waals surface area contributed by atoms with Crippen molar-refractivity contribution in [2.24, 2.45) is 11.8 Å². The van der Waals surface area contributed by atoms with Crippen LogP contribution in [0.4, 0.5) is 0 Å². The number of hydrogen-bond donors (Lipinski definition) is 0. The summed E-state index contributed by atoms with van der Waals surface area (Å²) in [4.78, 5) is 7.09. The van der Waals surface area contributed by atoms with Gasteiger partial charge in [0.2, 0.25) is 10.0 Å². The molecule has 3 aliphatic rings. The lowest BCUT2D eigenvalue weighted by Crippen LogP contribution is -2.65. The highest BCUT2D eigenvalue weighted by atomic mass is 32.2. The van der Waals surface area contributed by atoms with Gasteiger partial charge in [0.15, 0.2) is 0 Å². The summed E-state index contributed by atoms with van der Waals surface area (Å²) < 4.78 is 28.8. The third kappa shape index (κ3) is 3.20. The first-order valence-corrected chi connectivity index (χ1v) is 11.7. The van der Waals surface area contributed by atoms with Crippen LogP contribution in [0.25, 0.3) is 0 Å². The number of hydrogen-bond acceptors (Lipinski definition) is 4. The van der Waals surface area contributed by atoms with Crippen molar-refractivity contribution in [2.75, 3.05) is 19.6 Å². The molecule has 3 fully saturated rings. The van der Waals surface area contributed by atoms with Gasteiger partial charge in [-0.25, -0.2) is 8.42 Å². The van der Waals surface area contributed by atoms with Gasteiger partial charge in [-0.05, 0) is 69.2 Å². The topological polar surface area (TPSA) is 53.5 Å². The molecule has 0 spiro atoms. The van der Waals surface area contributed by atoms with Crippen molar-refractivity contribution in [2.45, 2.75) is 68.8 Å². The van der Waals surface area contributed by atoms with Crippen LogP contribution in [0, 0.1) is 11.8 Å². The van der Waals surface area contributed by atoms with Gasteiger partial charge in [-0.1, -0.05) is 19.8 Å². The zero-order valence-corrected chi connectivity index (χ0v) is 16.6. The maximum atomic E-state index is 13.5. The van der Waals surface area contributed by atoms with Crippen LogP contribution in [-0.4, -0.2) is 54.3 Å². The van der Waals surface area contributed by atoms with Crippen LogP contribution in [0.1, 0.15) is 51.9 Å². The molecular formula is C20H31N3O2S. The van der Waals surface area contributed by atoms with E-state index in [-0.39, 0.29) is 6.04 Å². The van der Waals surface area contributed by atoms with E-state index >= 15 is 0 Å². The van der Waals surface area contributed by atoms with Gasteiger partial charge in [0.1, 0.15) is 4.90 Å². The molecule has 144 valence electrons. The Hall–Kier alpha value is -0.980. The zero-order valence-electron chi connectivity index (χ0n) is 15.8. The van der Waals surface area contributed by atoms with Crippen LogP contribution in [-0.2, 0) is 10.0 Å². The average Bonchev–Trinajstić information content (AvgIpc) is 2.68. The second kappa shape index (κ2) is 7.56. The molecule has 4 rings (SSSR count). The molecule has 0 unspecified atom stereocenters. The fourth-order valence-corrected chi connectivity index (χ4v) is 7.36. The van der Waals surface area contributed by atoms with Gasteiger partial charge in [-0.3, -0.25) is 9.88 Å². The Balaban J connectivity index is 1.70. The van der Waals surface area contributed by atoms with Crippen LogP contribution in [0.5, 0.6) is 0 Å². The third-order valence-corrected chi connectivity index (χ3v) is 8.59. The molecule has 0 aromatic carbocycles. The molecule has 0 aliphatic carbocycles. The zero-order chi connectivity index (χ0) is 18.1. The summed E-state index contributed by atoms with van der Waals surface area (Å²) in [6.45, 7) is 5.28. The lowest BCUT2D eigenvalue weighted by molar-refractivity contribution is -0.0523. The smallest absolute Gasteiger partial charge is 0.244 e. The molecule has 6 heteroatoms. The lowest BCUT2D eigenvalue weighted by Gasteiger charge is -2.57. The summed E-state index contributed by atoms with van der Waals surface area (Å²) in [6.07, 6.45) is 11.1. The maximum Gasteiger partial charge on any atom is 0.244 e. The molecule has 0 saturated carbocycles. The molecule has 4 heterocycles. The van der Waals surface area contributed by atoms with Crippen LogP contribution < -0.4 is 0 Å². The highest BCUT2D eigenvalue weighted by molar-refractivity contribution is 7.89. The van der Waals surface area contributed by atoms with E-state index in [9.17, 15) is 8.42 Å². The lowest BCUT2D eigenvalue weighted by atomic mass is 9.70. The van der Waals surface area contributed by atoms with Gasteiger partial charge >= 0.3 is 0 Å². The van der Waals surface area contributed by atoms with Crippen LogP contribution in [0.15, 0.2) is 29.4 Å². The van der Waals surface area contributed by atoms with Gasteiger partial charge in [0, 0.05) is 31.0 Å². The molecule has 4 atom stereocenters. The first kappa shape index (κ1) is 18.4. The number of aromatic nitrogens is 1. The summed E-state index contributed by atoms with van der Waals surface area (Å²) in [5.41, 5.74) is 0. The Bertz CT molecular complexity index is 707. The Morgan fingerprint density at radius 3 is 2.77 bits per heavy atom. The van der Waals surface area contributed by atoms with Crippen molar-refractivity contribution in [3.63, 3.8) is 0 Å². The van der Waals surface area contributed by atoms with E-state index in [0.717, 1.165) is 25.7 Å². The van der Waals surface area contributed by atoms with Crippen molar-refractivity contribution in [3.05, 3.63) is 24.5 Å². The molecule has 0 N–H and O–H groups in total. The minimum Gasteiger partial charge on any atom is -0.300 e. The number of nitrogens with zero attached hydrogens (tertiary/aromatic N) is 3. The van der Waals surface area contributed by atoms with Gasteiger partial charge in [-0.15, -0.1) is 0 Å². The standard InChI is InChI=1S/C20H31N3O2S/c1-2-3-10-19-18-9-6-13-22-12-5-7-16(20(18)22)15-23(19)26(24,25)17-8-4-11-21-14-17/h4,8,11,14,16,18-20H,2-3,5-7,9-10,12-13,15H2,1H3/t16-,18+,19+,20-/m0/s1. The van der Waals surface area contributed by atoms with E-state index < -0.39 is 10.0 Å². The maximum absolute atomic E-state index is 13.5. The summed E-state index contributed by atoms with van der Waals surface area (Å²) >= 11 is 0. The summed E-state index contributed by atoms with van der Waals surface area (Å²) in [6, 6.07) is 4.16. The van der Waals surface area contributed by atoms with Crippen LogP contribution in [0.3, 0.4) is 0 Å². The van der Waals surface area contributed by atoms with Crippen molar-refractivity contribution < 1.29 is 8.42 Å². The molecule has 3 aliphatic heterocycles. The van der Waals surface area contributed by atoms with Crippen LogP contribution >= 0.6 is 0 Å². The average molecular weight is 378 g/mol. The summed E-state index contributed by atoms with van der Waals surface area (Å²) in [5.74, 6) is 0.971. The monoisotopic (exact) mass is 377 g/mol. The first-order valence-electron chi connectivity index (χ1n) is 10.3. The van der Waals surface area contributed by atoms with E-state index in [2.05, 4.69) is 16.8 Å². The van der Waals surface area contributed by atoms with Gasteiger partial charge in [0.25, 0.3) is 0 Å². The van der Waals surface area contributed by atoms with E-state index in [1.165, 1.54) is 38.5 Å². The molecule has 1 aromatic rings. The first-order chi connectivity index (χ1) is 12.6. The largest absolute Gasteiger partial charge is 0.300 e. The second-order valence-corrected chi connectivity index (χ2v) is 10.1. The van der Waals surface area contributed by atoms with E-state index in [1.54, 1.807) is 18.3 Å². The minimum absolute atomic E-state index is 0.141. The van der Waals surface area contributed by atoms with Crippen molar-refractivity contribution in [1.29, 1.82) is 0 Å². The Labute approximate surface area is 157 Å². The highest BCUT2D eigenvalue weighted by Gasteiger charge is 2.51. The molecule has 0 amide bonds. The predicted octanol–water partition coefficient (Wildman–Crippen LogP) is 3.14. The molecule has 5 nitrogen and oxygen atoms in total. The fraction of sp³-hybridized carbons (Fsp3) is 0.750. The molecule has 26 heavy (non-hydrogen) atoms. The number of pyridine rings is 1. The molecule has 3 saturated heterocycles. The number of sulfonamides is 1. The molecule has 1 aromatic heterocycles. The molecular weight excluding hydrogens is 346 g/mol. The van der Waals surface area contributed by atoms with Crippen molar-refractivity contribution in [3.8, 4) is 0 Å². The van der Waals surface area contributed by atoms with Crippen molar-refractivity contribution >= 4 is 10.0 Å². The van der Waals surface area contributed by atoms with E-state index in [0.29, 0.717) is 29.3 Å².